The molecule has 1 aromatic rings. The fraction of sp³-hybridized carbons (Fsp3) is 0.600. The first kappa shape index (κ1) is 15.6. The number of carbonyl (C=O) groups excluding carboxylic acids is 1. The van der Waals surface area contributed by atoms with Crippen molar-refractivity contribution in [2.24, 2.45) is 0 Å². The smallest absolute Gasteiger partial charge is 0.225 e. The van der Waals surface area contributed by atoms with E-state index in [-0.39, 0.29) is 5.91 Å². The molecule has 0 spiro atoms. The van der Waals surface area contributed by atoms with Crippen LogP contribution in [-0.4, -0.2) is 54.7 Å². The molecule has 1 saturated heterocycles. The molecule has 0 aliphatic carbocycles. The van der Waals surface area contributed by atoms with E-state index in [2.05, 4.69) is 9.88 Å². The number of aromatic nitrogens is 1. The maximum atomic E-state index is 12.3. The number of anilines is 2. The van der Waals surface area contributed by atoms with E-state index >= 15 is 0 Å². The third-order valence-electron chi connectivity index (χ3n) is 3.90. The number of hydrogen-bond acceptors (Lipinski definition) is 5. The molecule has 6 heteroatoms. The predicted molar refractivity (Wildman–Crippen MR) is 83.1 cm³/mol. The number of pyridine rings is 1. The molecule has 116 valence electrons. The van der Waals surface area contributed by atoms with E-state index < -0.39 is 5.60 Å². The molecule has 0 saturated carbocycles. The molecule has 1 fully saturated rings. The lowest BCUT2D eigenvalue weighted by Gasteiger charge is -2.37. The van der Waals surface area contributed by atoms with Gasteiger partial charge in [-0.05, 0) is 26.0 Å². The van der Waals surface area contributed by atoms with Crippen molar-refractivity contribution in [3.63, 3.8) is 0 Å². The summed E-state index contributed by atoms with van der Waals surface area (Å²) in [6.07, 6.45) is 2.19. The Hall–Kier alpha value is -1.82. The van der Waals surface area contributed by atoms with E-state index in [0.717, 1.165) is 31.9 Å². The molecule has 2 N–H and O–H groups in total. The average Bonchev–Trinajstić information content (AvgIpc) is 2.48. The summed E-state index contributed by atoms with van der Waals surface area (Å²) in [7, 11) is 1.64. The van der Waals surface area contributed by atoms with Gasteiger partial charge in [-0.2, -0.15) is 0 Å². The number of ether oxygens (including phenoxy) is 1. The van der Waals surface area contributed by atoms with Crippen LogP contribution in [-0.2, 0) is 9.53 Å². The van der Waals surface area contributed by atoms with Crippen molar-refractivity contribution >= 4 is 17.4 Å². The fourth-order valence-corrected chi connectivity index (χ4v) is 2.35. The number of nitrogens with zero attached hydrogens (tertiary/aromatic N) is 3. The van der Waals surface area contributed by atoms with Crippen LogP contribution < -0.4 is 10.6 Å². The summed E-state index contributed by atoms with van der Waals surface area (Å²) >= 11 is 0. The molecule has 1 amide bonds. The molecule has 1 aliphatic heterocycles. The Kier molecular flexibility index (Phi) is 4.67. The number of carbonyl (C=O) groups is 1. The van der Waals surface area contributed by atoms with Crippen molar-refractivity contribution in [3.8, 4) is 0 Å². The molecule has 0 radical (unpaired) electrons. The van der Waals surface area contributed by atoms with Crippen molar-refractivity contribution in [3.05, 3.63) is 18.3 Å². The van der Waals surface area contributed by atoms with Gasteiger partial charge >= 0.3 is 0 Å². The van der Waals surface area contributed by atoms with E-state index in [1.54, 1.807) is 19.4 Å². The van der Waals surface area contributed by atoms with Crippen LogP contribution >= 0.6 is 0 Å². The molecular formula is C15H24N4O2. The summed E-state index contributed by atoms with van der Waals surface area (Å²) in [5.41, 5.74) is 6.24. The van der Waals surface area contributed by atoms with Crippen LogP contribution in [0, 0.1) is 0 Å². The monoisotopic (exact) mass is 292 g/mol. The zero-order chi connectivity index (χ0) is 15.5. The van der Waals surface area contributed by atoms with Gasteiger partial charge in [-0.1, -0.05) is 0 Å². The van der Waals surface area contributed by atoms with E-state index in [0.29, 0.717) is 12.2 Å². The van der Waals surface area contributed by atoms with Crippen LogP contribution in [0.4, 0.5) is 11.5 Å². The van der Waals surface area contributed by atoms with Gasteiger partial charge in [0.1, 0.15) is 5.82 Å². The Labute approximate surface area is 125 Å². The Morgan fingerprint density at radius 1 is 1.33 bits per heavy atom. The van der Waals surface area contributed by atoms with Crippen LogP contribution in [0.2, 0.25) is 0 Å². The Balaban J connectivity index is 1.88. The molecule has 1 aliphatic rings. The lowest BCUT2D eigenvalue weighted by atomic mass is 10.0. The van der Waals surface area contributed by atoms with Gasteiger partial charge in [0, 0.05) is 33.3 Å². The minimum Gasteiger partial charge on any atom is -0.384 e. The van der Waals surface area contributed by atoms with Crippen LogP contribution in [0.25, 0.3) is 0 Å². The summed E-state index contributed by atoms with van der Waals surface area (Å²) in [5.74, 6) is 0.672. The van der Waals surface area contributed by atoms with Crippen molar-refractivity contribution < 1.29 is 9.53 Å². The Bertz CT molecular complexity index is 479. The number of methoxy groups -OCH3 is 1. The summed E-state index contributed by atoms with van der Waals surface area (Å²) in [4.78, 5) is 20.5. The molecule has 2 heterocycles. The van der Waals surface area contributed by atoms with Crippen LogP contribution in [0.15, 0.2) is 18.3 Å². The van der Waals surface area contributed by atoms with Gasteiger partial charge in [-0.15, -0.1) is 0 Å². The fourth-order valence-electron chi connectivity index (χ4n) is 2.35. The van der Waals surface area contributed by atoms with Gasteiger partial charge in [-0.25, -0.2) is 4.98 Å². The summed E-state index contributed by atoms with van der Waals surface area (Å²) in [6.45, 7) is 6.93. The Morgan fingerprint density at radius 3 is 2.52 bits per heavy atom. The zero-order valence-corrected chi connectivity index (χ0v) is 13.0. The highest BCUT2D eigenvalue weighted by atomic mass is 16.5. The van der Waals surface area contributed by atoms with Gasteiger partial charge in [-0.3, -0.25) is 4.79 Å². The topological polar surface area (TPSA) is 71.7 Å². The van der Waals surface area contributed by atoms with Crippen LogP contribution in [0.1, 0.15) is 20.3 Å². The molecule has 2 rings (SSSR count). The second-order valence-corrected chi connectivity index (χ2v) is 5.95. The SMILES string of the molecule is COC(C)(C)CC(=O)N1CCN(c2ccc(N)nc2)CC1. The average molecular weight is 292 g/mol. The molecule has 0 aromatic carbocycles. The summed E-state index contributed by atoms with van der Waals surface area (Å²) < 4.78 is 5.32. The van der Waals surface area contributed by atoms with Gasteiger partial charge in [0.05, 0.1) is 23.9 Å². The molecule has 0 bridgehead atoms. The lowest BCUT2D eigenvalue weighted by molar-refractivity contribution is -0.136. The van der Waals surface area contributed by atoms with Crippen LogP contribution in [0.5, 0.6) is 0 Å². The minimum atomic E-state index is -0.408. The molecule has 1 aromatic heterocycles. The normalized spacial score (nSPS) is 16.1. The van der Waals surface area contributed by atoms with Gasteiger partial charge in [0.2, 0.25) is 5.91 Å². The maximum absolute atomic E-state index is 12.3. The van der Waals surface area contributed by atoms with E-state index in [9.17, 15) is 4.79 Å². The predicted octanol–water partition coefficient (Wildman–Crippen LogP) is 1.13. The standard InChI is InChI=1S/C15H24N4O2/c1-15(2,21-3)10-14(20)19-8-6-18(7-9-19)12-4-5-13(16)17-11-12/h4-5,11H,6-10H2,1-3H3,(H2,16,17). The van der Waals surface area contributed by atoms with E-state index in [4.69, 9.17) is 10.5 Å². The second kappa shape index (κ2) is 6.30. The number of nitrogen functional groups attached to an aromatic ring is 1. The van der Waals surface area contributed by atoms with E-state index in [1.165, 1.54) is 0 Å². The molecule has 21 heavy (non-hydrogen) atoms. The number of hydrogen-bond donors (Lipinski definition) is 1. The second-order valence-electron chi connectivity index (χ2n) is 5.95. The van der Waals surface area contributed by atoms with E-state index in [1.807, 2.05) is 24.8 Å². The van der Waals surface area contributed by atoms with Gasteiger partial charge in [0.15, 0.2) is 0 Å². The van der Waals surface area contributed by atoms with Crippen molar-refractivity contribution in [2.45, 2.75) is 25.9 Å². The zero-order valence-electron chi connectivity index (χ0n) is 13.0. The largest absolute Gasteiger partial charge is 0.384 e. The minimum absolute atomic E-state index is 0.150. The molecule has 0 atom stereocenters. The highest BCUT2D eigenvalue weighted by Gasteiger charge is 2.27. The van der Waals surface area contributed by atoms with Crippen molar-refractivity contribution in [2.75, 3.05) is 43.9 Å². The van der Waals surface area contributed by atoms with Gasteiger partial charge < -0.3 is 20.3 Å². The lowest BCUT2D eigenvalue weighted by Crippen LogP contribution is -2.50. The summed E-state index contributed by atoms with van der Waals surface area (Å²) in [6, 6.07) is 3.77. The highest BCUT2D eigenvalue weighted by Crippen LogP contribution is 2.19. The number of rotatable bonds is 4. The van der Waals surface area contributed by atoms with Gasteiger partial charge in [0.25, 0.3) is 0 Å². The molecular weight excluding hydrogens is 268 g/mol. The van der Waals surface area contributed by atoms with Crippen molar-refractivity contribution in [1.82, 2.24) is 9.88 Å². The third kappa shape index (κ3) is 4.07. The first-order chi connectivity index (χ1) is 9.91. The van der Waals surface area contributed by atoms with Crippen LogP contribution in [0.3, 0.4) is 0 Å². The number of piperazine rings is 1. The number of amides is 1. The highest BCUT2D eigenvalue weighted by molar-refractivity contribution is 5.77. The molecule has 6 nitrogen and oxygen atoms in total. The maximum Gasteiger partial charge on any atom is 0.225 e. The number of nitrogens with two attached hydrogens (primary N) is 1. The molecule has 0 unspecified atom stereocenters. The summed E-state index contributed by atoms with van der Waals surface area (Å²) in [5, 5.41) is 0. The quantitative estimate of drug-likeness (QED) is 0.900. The van der Waals surface area contributed by atoms with Crippen molar-refractivity contribution in [1.29, 1.82) is 0 Å². The Morgan fingerprint density at radius 2 is 2.00 bits per heavy atom. The first-order valence-corrected chi connectivity index (χ1v) is 7.21. The first-order valence-electron chi connectivity index (χ1n) is 7.21. The third-order valence-corrected chi connectivity index (χ3v) is 3.90.